The van der Waals surface area contributed by atoms with Gasteiger partial charge in [0.1, 0.15) is 5.69 Å². The summed E-state index contributed by atoms with van der Waals surface area (Å²) in [5.74, 6) is 0. The summed E-state index contributed by atoms with van der Waals surface area (Å²) in [6.45, 7) is 3.36. The van der Waals surface area contributed by atoms with Gasteiger partial charge < -0.3 is 0 Å². The largest absolute Gasteiger partial charge is 0.302 e. The minimum Gasteiger partial charge on any atom is -0.258 e. The number of hydrogen-bond donors (Lipinski definition) is 1. The fraction of sp³-hybridized carbons (Fsp3) is 0.200. The molecule has 0 bridgehead atoms. The van der Waals surface area contributed by atoms with Crippen molar-refractivity contribution in [1.29, 1.82) is 0 Å². The van der Waals surface area contributed by atoms with Crippen LogP contribution in [0, 0.1) is 10.1 Å². The van der Waals surface area contributed by atoms with Crippen LogP contribution in [-0.4, -0.2) is 19.9 Å². The lowest BCUT2D eigenvalue weighted by atomic mass is 10.1. The molecule has 1 heterocycles. The Labute approximate surface area is 114 Å². The molecule has 0 unspecified atom stereocenters. The lowest BCUT2D eigenvalue weighted by Crippen LogP contribution is -2.45. The third-order valence-corrected chi connectivity index (χ3v) is 4.25. The van der Waals surface area contributed by atoms with E-state index in [1.54, 1.807) is 0 Å². The second kappa shape index (κ2) is 4.80. The van der Waals surface area contributed by atoms with E-state index in [-0.39, 0.29) is 29.5 Å². The summed E-state index contributed by atoms with van der Waals surface area (Å²) in [4.78, 5) is 10.4. The van der Waals surface area contributed by atoms with Gasteiger partial charge in [0.2, 0.25) is 0 Å². The first kappa shape index (κ1) is 13.8. The highest BCUT2D eigenvalue weighted by atomic mass is 35.5. The van der Waals surface area contributed by atoms with Crippen LogP contribution in [-0.2, 0) is 16.8 Å². The molecule has 0 amide bonds. The Balaban J connectivity index is 2.73. The number of fused-ring (bicyclic) bond motifs is 1. The summed E-state index contributed by atoms with van der Waals surface area (Å²) in [5, 5.41) is 11.3. The van der Waals surface area contributed by atoms with Crippen LogP contribution in [0.1, 0.15) is 5.56 Å². The first-order valence-corrected chi connectivity index (χ1v) is 7.03. The molecular weight excluding hydrogens is 294 g/mol. The zero-order chi connectivity index (χ0) is 14.2. The van der Waals surface area contributed by atoms with Gasteiger partial charge in [0.05, 0.1) is 11.5 Å². The Hall–Kier alpha value is -1.64. The first-order chi connectivity index (χ1) is 8.86. The second-order valence-electron chi connectivity index (χ2n) is 3.84. The van der Waals surface area contributed by atoms with Gasteiger partial charge in [-0.15, -0.1) is 6.58 Å². The van der Waals surface area contributed by atoms with Crippen LogP contribution < -0.4 is 9.03 Å². The van der Waals surface area contributed by atoms with Gasteiger partial charge in [0.25, 0.3) is 5.69 Å². The molecule has 0 aliphatic carbocycles. The number of rotatable bonds is 3. The first-order valence-electron chi connectivity index (χ1n) is 5.22. The number of anilines is 1. The second-order valence-corrected chi connectivity index (χ2v) is 5.95. The monoisotopic (exact) mass is 303 g/mol. The highest BCUT2D eigenvalue weighted by molar-refractivity contribution is 7.91. The minimum absolute atomic E-state index is 0.0350. The number of benzene rings is 1. The quantitative estimate of drug-likeness (QED) is 0.521. The predicted molar refractivity (Wildman–Crippen MR) is 71.4 cm³/mol. The van der Waals surface area contributed by atoms with Gasteiger partial charge in [0.15, 0.2) is 0 Å². The fourth-order valence-corrected chi connectivity index (χ4v) is 3.36. The SMILES string of the molecule is C=CCN1c2c(cc(Cl)cc2[N+](=O)[O-])CNS1(=O)=O. The molecule has 0 radical (unpaired) electrons. The van der Waals surface area contributed by atoms with Gasteiger partial charge in [-0.3, -0.25) is 10.1 Å². The maximum Gasteiger partial charge on any atom is 0.302 e. The Morgan fingerprint density at radius 3 is 2.84 bits per heavy atom. The summed E-state index contributed by atoms with van der Waals surface area (Å²) >= 11 is 5.80. The fourth-order valence-electron chi connectivity index (χ4n) is 1.88. The van der Waals surface area contributed by atoms with Crippen molar-refractivity contribution in [1.82, 2.24) is 4.72 Å². The molecule has 7 nitrogen and oxygen atoms in total. The number of nitrogens with zero attached hydrogens (tertiary/aromatic N) is 2. The van der Waals surface area contributed by atoms with Gasteiger partial charge in [-0.2, -0.15) is 13.1 Å². The minimum atomic E-state index is -3.80. The van der Waals surface area contributed by atoms with E-state index in [1.165, 1.54) is 12.1 Å². The van der Waals surface area contributed by atoms with E-state index >= 15 is 0 Å². The van der Waals surface area contributed by atoms with E-state index in [0.717, 1.165) is 10.4 Å². The van der Waals surface area contributed by atoms with Crippen molar-refractivity contribution in [3.63, 3.8) is 0 Å². The Morgan fingerprint density at radius 1 is 1.58 bits per heavy atom. The van der Waals surface area contributed by atoms with Crippen LogP contribution in [0.5, 0.6) is 0 Å². The lowest BCUT2D eigenvalue weighted by molar-refractivity contribution is -0.384. The number of halogens is 1. The van der Waals surface area contributed by atoms with Crippen LogP contribution in [0.2, 0.25) is 5.02 Å². The molecule has 1 aromatic rings. The van der Waals surface area contributed by atoms with Crippen molar-refractivity contribution in [2.45, 2.75) is 6.54 Å². The van der Waals surface area contributed by atoms with Gasteiger partial charge in [-0.25, -0.2) is 4.31 Å². The molecule has 0 saturated heterocycles. The molecule has 0 saturated carbocycles. The van der Waals surface area contributed by atoms with E-state index in [9.17, 15) is 18.5 Å². The summed E-state index contributed by atoms with van der Waals surface area (Å²) in [5.41, 5.74) is 0.151. The molecular formula is C10H10ClN3O4S. The molecule has 0 spiro atoms. The zero-order valence-corrected chi connectivity index (χ0v) is 11.2. The maximum absolute atomic E-state index is 11.9. The molecule has 9 heteroatoms. The molecule has 102 valence electrons. The van der Waals surface area contributed by atoms with E-state index in [1.807, 2.05) is 0 Å². The lowest BCUT2D eigenvalue weighted by Gasteiger charge is -2.29. The van der Waals surface area contributed by atoms with Crippen LogP contribution >= 0.6 is 11.6 Å². The molecule has 1 aromatic carbocycles. The van der Waals surface area contributed by atoms with Gasteiger partial charge in [-0.05, 0) is 6.07 Å². The highest BCUT2D eigenvalue weighted by Gasteiger charge is 2.35. The number of nitrogens with one attached hydrogen (secondary N) is 1. The van der Waals surface area contributed by atoms with Gasteiger partial charge in [-0.1, -0.05) is 17.7 Å². The molecule has 2 rings (SSSR count). The molecule has 19 heavy (non-hydrogen) atoms. The van der Waals surface area contributed by atoms with Crippen LogP contribution in [0.4, 0.5) is 11.4 Å². The third kappa shape index (κ3) is 2.42. The predicted octanol–water partition coefficient (Wildman–Crippen LogP) is 1.59. The van der Waals surface area contributed by atoms with Crippen molar-refractivity contribution < 1.29 is 13.3 Å². The number of nitro groups is 1. The third-order valence-electron chi connectivity index (χ3n) is 2.61. The molecule has 1 aliphatic rings. The topological polar surface area (TPSA) is 92.5 Å². The Morgan fingerprint density at radius 2 is 2.26 bits per heavy atom. The van der Waals surface area contributed by atoms with Gasteiger partial charge >= 0.3 is 10.2 Å². The van der Waals surface area contributed by atoms with Crippen molar-refractivity contribution in [2.75, 3.05) is 10.8 Å². The van der Waals surface area contributed by atoms with Crippen LogP contribution in [0.25, 0.3) is 0 Å². The molecule has 0 fully saturated rings. The van der Waals surface area contributed by atoms with Crippen molar-refractivity contribution in [3.8, 4) is 0 Å². The average molecular weight is 304 g/mol. The van der Waals surface area contributed by atoms with Crippen molar-refractivity contribution >= 4 is 33.2 Å². The van der Waals surface area contributed by atoms with Crippen LogP contribution in [0.15, 0.2) is 24.8 Å². The van der Waals surface area contributed by atoms with E-state index in [2.05, 4.69) is 11.3 Å². The molecule has 0 atom stereocenters. The summed E-state index contributed by atoms with van der Waals surface area (Å²) in [7, 11) is -3.80. The summed E-state index contributed by atoms with van der Waals surface area (Å²) in [6.07, 6.45) is 1.35. The number of nitro benzene ring substituents is 1. The smallest absolute Gasteiger partial charge is 0.258 e. The van der Waals surface area contributed by atoms with Crippen molar-refractivity contribution in [2.24, 2.45) is 0 Å². The van der Waals surface area contributed by atoms with E-state index < -0.39 is 15.1 Å². The maximum atomic E-state index is 11.9. The Kier molecular flexibility index (Phi) is 3.48. The zero-order valence-electron chi connectivity index (χ0n) is 9.67. The number of hydrogen-bond acceptors (Lipinski definition) is 4. The normalized spacial score (nSPS) is 16.8. The van der Waals surface area contributed by atoms with Gasteiger partial charge in [0, 0.05) is 23.2 Å². The molecule has 1 aliphatic heterocycles. The summed E-state index contributed by atoms with van der Waals surface area (Å²) in [6, 6.07) is 2.64. The van der Waals surface area contributed by atoms with Crippen molar-refractivity contribution in [3.05, 3.63) is 45.5 Å². The molecule has 0 aromatic heterocycles. The van der Waals surface area contributed by atoms with Crippen LogP contribution in [0.3, 0.4) is 0 Å². The highest BCUT2D eigenvalue weighted by Crippen LogP contribution is 2.38. The summed E-state index contributed by atoms with van der Waals surface area (Å²) < 4.78 is 27.0. The standard InChI is InChI=1S/C10H10ClN3O4S/c1-2-3-13-10-7(6-12-19(13,17)18)4-8(11)5-9(10)14(15)16/h2,4-5,12H,1,3,6H2. The Bertz CT molecular complexity index is 659. The van der Waals surface area contributed by atoms with E-state index in [0.29, 0.717) is 5.56 Å². The van der Waals surface area contributed by atoms with E-state index in [4.69, 9.17) is 11.6 Å². The average Bonchev–Trinajstić information content (AvgIpc) is 2.32. The molecule has 1 N–H and O–H groups in total.